The van der Waals surface area contributed by atoms with Crippen molar-refractivity contribution < 1.29 is 0 Å². The topological polar surface area (TPSA) is 38.4 Å². The summed E-state index contributed by atoms with van der Waals surface area (Å²) < 4.78 is 0. The lowest BCUT2D eigenvalue weighted by Crippen LogP contribution is -2.06. The summed E-state index contributed by atoms with van der Waals surface area (Å²) in [5.74, 6) is 1.57. The van der Waals surface area contributed by atoms with Gasteiger partial charge in [-0.1, -0.05) is 13.3 Å². The second-order valence-corrected chi connectivity index (χ2v) is 2.74. The Morgan fingerprint density at radius 3 is 2.78 bits per heavy atom. The third kappa shape index (κ3) is 1.70. The average molecular weight is 126 g/mol. The van der Waals surface area contributed by atoms with Crippen LogP contribution < -0.4 is 5.73 Å². The zero-order valence-electron chi connectivity index (χ0n) is 6.09. The average Bonchev–Trinajstić information content (AvgIpc) is 2.45. The molecule has 0 aromatic rings. The van der Waals surface area contributed by atoms with Crippen LogP contribution in [0.2, 0.25) is 0 Å². The van der Waals surface area contributed by atoms with Crippen LogP contribution in [0, 0.1) is 5.92 Å². The molecule has 2 nitrogen and oxygen atoms in total. The lowest BCUT2D eigenvalue weighted by atomic mass is 10.3. The minimum Gasteiger partial charge on any atom is -0.388 e. The number of hydrogen-bond acceptors (Lipinski definition) is 1. The molecule has 0 radical (unpaired) electrons. The summed E-state index contributed by atoms with van der Waals surface area (Å²) in [6.45, 7) is 4.05. The van der Waals surface area contributed by atoms with Crippen molar-refractivity contribution in [3.63, 3.8) is 0 Å². The fourth-order valence-corrected chi connectivity index (χ4v) is 1.09. The Balaban J connectivity index is 2.27. The van der Waals surface area contributed by atoms with Crippen LogP contribution in [0.15, 0.2) is 4.99 Å². The number of amidine groups is 1. The van der Waals surface area contributed by atoms with Gasteiger partial charge in [-0.3, -0.25) is 4.99 Å². The van der Waals surface area contributed by atoms with Gasteiger partial charge in [-0.25, -0.2) is 0 Å². The van der Waals surface area contributed by atoms with Crippen molar-refractivity contribution in [1.82, 2.24) is 0 Å². The summed E-state index contributed by atoms with van der Waals surface area (Å²) in [5.41, 5.74) is 5.40. The van der Waals surface area contributed by atoms with E-state index in [0.717, 1.165) is 11.8 Å². The molecule has 2 unspecified atom stereocenters. The van der Waals surface area contributed by atoms with Crippen LogP contribution in [0.3, 0.4) is 0 Å². The highest BCUT2D eigenvalue weighted by Crippen LogP contribution is 2.36. The van der Waals surface area contributed by atoms with Gasteiger partial charge < -0.3 is 5.73 Å². The van der Waals surface area contributed by atoms with E-state index >= 15 is 0 Å². The molecule has 0 heterocycles. The lowest BCUT2D eigenvalue weighted by Gasteiger charge is -1.89. The Morgan fingerprint density at radius 1 is 1.78 bits per heavy atom. The monoisotopic (exact) mass is 126 g/mol. The van der Waals surface area contributed by atoms with Gasteiger partial charge in [-0.15, -0.1) is 0 Å². The van der Waals surface area contributed by atoms with Crippen LogP contribution in [0.25, 0.3) is 0 Å². The third-order valence-electron chi connectivity index (χ3n) is 1.78. The highest BCUT2D eigenvalue weighted by atomic mass is 14.9. The first-order valence-electron chi connectivity index (χ1n) is 3.54. The summed E-state index contributed by atoms with van der Waals surface area (Å²) in [5, 5.41) is 0. The minimum atomic E-state index is 0.569. The number of nitrogens with two attached hydrogens (primary N) is 1. The van der Waals surface area contributed by atoms with E-state index in [2.05, 4.69) is 11.9 Å². The van der Waals surface area contributed by atoms with Gasteiger partial charge in [0.05, 0.1) is 11.9 Å². The van der Waals surface area contributed by atoms with Crippen LogP contribution in [0.4, 0.5) is 0 Å². The first-order valence-corrected chi connectivity index (χ1v) is 3.54. The Morgan fingerprint density at radius 2 is 2.44 bits per heavy atom. The lowest BCUT2D eigenvalue weighted by molar-refractivity contribution is 0.759. The molecule has 1 fully saturated rings. The third-order valence-corrected chi connectivity index (χ3v) is 1.78. The molecule has 52 valence electrons. The zero-order valence-corrected chi connectivity index (χ0v) is 6.09. The highest BCUT2D eigenvalue weighted by Gasteiger charge is 2.34. The molecule has 1 aliphatic rings. The zero-order chi connectivity index (χ0) is 6.85. The van der Waals surface area contributed by atoms with Crippen molar-refractivity contribution in [1.29, 1.82) is 0 Å². The fourth-order valence-electron chi connectivity index (χ4n) is 1.09. The Labute approximate surface area is 56.2 Å². The van der Waals surface area contributed by atoms with Crippen LogP contribution in [0.1, 0.15) is 26.7 Å². The van der Waals surface area contributed by atoms with E-state index in [9.17, 15) is 0 Å². The van der Waals surface area contributed by atoms with Crippen LogP contribution in [0.5, 0.6) is 0 Å². The van der Waals surface area contributed by atoms with Gasteiger partial charge in [0.15, 0.2) is 0 Å². The molecule has 2 heteroatoms. The maximum atomic E-state index is 5.40. The van der Waals surface area contributed by atoms with E-state index in [1.54, 1.807) is 0 Å². The van der Waals surface area contributed by atoms with Crippen molar-refractivity contribution in [3.05, 3.63) is 0 Å². The Kier molecular flexibility index (Phi) is 1.74. The van der Waals surface area contributed by atoms with Gasteiger partial charge in [0.2, 0.25) is 0 Å². The molecule has 0 aromatic carbocycles. The first-order chi connectivity index (χ1) is 4.24. The van der Waals surface area contributed by atoms with Gasteiger partial charge in [-0.05, 0) is 19.3 Å². The SMILES string of the molecule is CCC1CC1N=C(C)N. The molecule has 1 rings (SSSR count). The van der Waals surface area contributed by atoms with Gasteiger partial charge in [0.1, 0.15) is 0 Å². The molecule has 0 spiro atoms. The molecule has 2 atom stereocenters. The Hall–Kier alpha value is -0.530. The number of rotatable bonds is 2. The van der Waals surface area contributed by atoms with Gasteiger partial charge >= 0.3 is 0 Å². The number of nitrogens with zero attached hydrogens (tertiary/aromatic N) is 1. The predicted octanol–water partition coefficient (Wildman–Crippen LogP) is 1.16. The highest BCUT2D eigenvalue weighted by molar-refractivity contribution is 5.77. The standard InChI is InChI=1S/C7H14N2/c1-3-6-4-7(6)9-5(2)8/h6-7H,3-4H2,1-2H3,(H2,8,9). The summed E-state index contributed by atoms with van der Waals surface area (Å²) in [6.07, 6.45) is 2.51. The molecule has 0 aromatic heterocycles. The second-order valence-electron chi connectivity index (χ2n) is 2.74. The molecule has 1 aliphatic carbocycles. The predicted molar refractivity (Wildman–Crippen MR) is 39.5 cm³/mol. The van der Waals surface area contributed by atoms with Crippen molar-refractivity contribution in [2.24, 2.45) is 16.6 Å². The molecule has 2 N–H and O–H groups in total. The van der Waals surface area contributed by atoms with E-state index < -0.39 is 0 Å². The van der Waals surface area contributed by atoms with E-state index in [1.807, 2.05) is 6.92 Å². The van der Waals surface area contributed by atoms with Gasteiger partial charge in [0, 0.05) is 0 Å². The first kappa shape index (κ1) is 6.59. The smallest absolute Gasteiger partial charge is 0.0909 e. The number of aliphatic imine (C=N–C) groups is 1. The molecule has 0 saturated heterocycles. The Bertz CT molecular complexity index is 125. The molecule has 0 amide bonds. The molecule has 0 bridgehead atoms. The number of hydrogen-bond donors (Lipinski definition) is 1. The van der Waals surface area contributed by atoms with Crippen LogP contribution >= 0.6 is 0 Å². The maximum Gasteiger partial charge on any atom is 0.0909 e. The van der Waals surface area contributed by atoms with Gasteiger partial charge in [0.25, 0.3) is 0 Å². The van der Waals surface area contributed by atoms with Crippen molar-refractivity contribution in [2.75, 3.05) is 0 Å². The summed E-state index contributed by atoms with van der Waals surface area (Å²) in [4.78, 5) is 4.24. The van der Waals surface area contributed by atoms with E-state index in [4.69, 9.17) is 5.73 Å². The van der Waals surface area contributed by atoms with Crippen LogP contribution in [-0.2, 0) is 0 Å². The minimum absolute atomic E-state index is 0.569. The molecule has 0 aliphatic heterocycles. The van der Waals surface area contributed by atoms with Gasteiger partial charge in [-0.2, -0.15) is 0 Å². The van der Waals surface area contributed by atoms with E-state index in [1.165, 1.54) is 12.8 Å². The van der Waals surface area contributed by atoms with Crippen molar-refractivity contribution >= 4 is 5.84 Å². The summed E-state index contributed by atoms with van der Waals surface area (Å²) >= 11 is 0. The van der Waals surface area contributed by atoms with E-state index in [0.29, 0.717) is 6.04 Å². The van der Waals surface area contributed by atoms with Crippen molar-refractivity contribution in [2.45, 2.75) is 32.7 Å². The molecule has 1 saturated carbocycles. The van der Waals surface area contributed by atoms with Crippen LogP contribution in [-0.4, -0.2) is 11.9 Å². The van der Waals surface area contributed by atoms with Crippen molar-refractivity contribution in [3.8, 4) is 0 Å². The molecule has 9 heavy (non-hydrogen) atoms. The normalized spacial score (nSPS) is 34.7. The second kappa shape index (κ2) is 2.38. The fraction of sp³-hybridized carbons (Fsp3) is 0.857. The quantitative estimate of drug-likeness (QED) is 0.437. The summed E-state index contributed by atoms with van der Waals surface area (Å²) in [7, 11) is 0. The maximum absolute atomic E-state index is 5.40. The summed E-state index contributed by atoms with van der Waals surface area (Å²) in [6, 6.07) is 0.569. The molecular weight excluding hydrogens is 112 g/mol. The largest absolute Gasteiger partial charge is 0.388 e. The van der Waals surface area contributed by atoms with E-state index in [-0.39, 0.29) is 0 Å². The molecular formula is C7H14N2.